The van der Waals surface area contributed by atoms with Crippen molar-refractivity contribution in [2.45, 2.75) is 0 Å². The second-order valence-corrected chi connectivity index (χ2v) is 5.97. The first-order valence-corrected chi connectivity index (χ1v) is 7.80. The van der Waals surface area contributed by atoms with Crippen molar-refractivity contribution in [1.82, 2.24) is 9.97 Å². The van der Waals surface area contributed by atoms with Gasteiger partial charge in [-0.3, -0.25) is 4.79 Å². The van der Waals surface area contributed by atoms with E-state index in [0.717, 1.165) is 5.56 Å². The lowest BCUT2D eigenvalue weighted by molar-refractivity contribution is 0.583. The van der Waals surface area contributed by atoms with E-state index in [1.807, 2.05) is 29.6 Å². The highest BCUT2D eigenvalue weighted by molar-refractivity contribution is 7.17. The summed E-state index contributed by atoms with van der Waals surface area (Å²) in [4.78, 5) is 20.5. The number of halogens is 1. The van der Waals surface area contributed by atoms with Crippen LogP contribution < -0.4 is 5.56 Å². The number of rotatable bonds is 2. The van der Waals surface area contributed by atoms with Crippen molar-refractivity contribution in [2.24, 2.45) is 0 Å². The van der Waals surface area contributed by atoms with Crippen LogP contribution in [-0.2, 0) is 0 Å². The summed E-state index contributed by atoms with van der Waals surface area (Å²) in [6.07, 6.45) is 1.58. The zero-order chi connectivity index (χ0) is 15.1. The molecule has 0 fully saturated rings. The van der Waals surface area contributed by atoms with Gasteiger partial charge in [0.2, 0.25) is 0 Å². The van der Waals surface area contributed by atoms with Crippen molar-refractivity contribution in [3.63, 3.8) is 0 Å². The minimum atomic E-state index is -0.201. The first-order valence-electron chi connectivity index (χ1n) is 6.54. The molecule has 6 heteroatoms. The van der Waals surface area contributed by atoms with Crippen LogP contribution in [0.2, 0.25) is 5.02 Å². The number of aromatic amines is 1. The summed E-state index contributed by atoms with van der Waals surface area (Å²) in [5.74, 6) is 1.12. The Morgan fingerprint density at radius 2 is 2.00 bits per heavy atom. The molecule has 4 nitrogen and oxygen atoms in total. The van der Waals surface area contributed by atoms with Crippen LogP contribution in [0.15, 0.2) is 57.3 Å². The Kier molecular flexibility index (Phi) is 3.10. The van der Waals surface area contributed by atoms with E-state index in [1.165, 1.54) is 11.3 Å². The number of hydrogen-bond acceptors (Lipinski definition) is 4. The van der Waals surface area contributed by atoms with Gasteiger partial charge >= 0.3 is 0 Å². The molecule has 3 aromatic heterocycles. The lowest BCUT2D eigenvalue weighted by Gasteiger charge is -2.03. The van der Waals surface area contributed by atoms with E-state index < -0.39 is 0 Å². The maximum Gasteiger partial charge on any atom is 0.260 e. The highest BCUT2D eigenvalue weighted by Crippen LogP contribution is 2.32. The lowest BCUT2D eigenvalue weighted by atomic mass is 10.2. The van der Waals surface area contributed by atoms with Crippen molar-refractivity contribution in [3.8, 4) is 22.7 Å². The smallest absolute Gasteiger partial charge is 0.260 e. The quantitative estimate of drug-likeness (QED) is 0.586. The van der Waals surface area contributed by atoms with Gasteiger partial charge in [0.1, 0.15) is 16.4 Å². The molecule has 4 rings (SSSR count). The van der Waals surface area contributed by atoms with Crippen LogP contribution in [0.1, 0.15) is 0 Å². The van der Waals surface area contributed by atoms with Crippen LogP contribution in [0.25, 0.3) is 32.9 Å². The van der Waals surface area contributed by atoms with Crippen LogP contribution in [0.5, 0.6) is 0 Å². The summed E-state index contributed by atoms with van der Waals surface area (Å²) in [5.41, 5.74) is 1.26. The van der Waals surface area contributed by atoms with Gasteiger partial charge in [-0.25, -0.2) is 4.98 Å². The summed E-state index contributed by atoms with van der Waals surface area (Å²) in [6, 6.07) is 10.9. The SMILES string of the molecule is O=c1[nH]c(-c2ccccc2Cl)nc2scc(-c3ccco3)c12. The highest BCUT2D eigenvalue weighted by Gasteiger charge is 2.15. The van der Waals surface area contributed by atoms with Crippen LogP contribution in [0.4, 0.5) is 0 Å². The maximum atomic E-state index is 12.5. The van der Waals surface area contributed by atoms with Gasteiger partial charge in [0.05, 0.1) is 16.7 Å². The number of H-pyrrole nitrogens is 1. The summed E-state index contributed by atoms with van der Waals surface area (Å²) in [7, 11) is 0. The fraction of sp³-hybridized carbons (Fsp3) is 0. The molecular formula is C16H9ClN2O2S. The largest absolute Gasteiger partial charge is 0.464 e. The van der Waals surface area contributed by atoms with Crippen LogP contribution in [0.3, 0.4) is 0 Å². The van der Waals surface area contributed by atoms with Gasteiger partial charge < -0.3 is 9.40 Å². The molecule has 0 aliphatic carbocycles. The Balaban J connectivity index is 1.97. The average Bonchev–Trinajstić information content (AvgIpc) is 3.16. The Morgan fingerprint density at radius 3 is 2.77 bits per heavy atom. The second-order valence-electron chi connectivity index (χ2n) is 4.70. The molecule has 3 heterocycles. The van der Waals surface area contributed by atoms with Gasteiger partial charge in [-0.05, 0) is 24.3 Å². The van der Waals surface area contributed by atoms with E-state index in [-0.39, 0.29) is 5.56 Å². The predicted molar refractivity (Wildman–Crippen MR) is 88.4 cm³/mol. The van der Waals surface area contributed by atoms with Gasteiger partial charge in [0, 0.05) is 16.5 Å². The Hall–Kier alpha value is -2.37. The molecule has 0 amide bonds. The van der Waals surface area contributed by atoms with E-state index in [0.29, 0.717) is 32.4 Å². The molecule has 0 atom stereocenters. The molecule has 0 saturated heterocycles. The van der Waals surface area contributed by atoms with Crippen molar-refractivity contribution in [1.29, 1.82) is 0 Å². The van der Waals surface area contributed by atoms with Gasteiger partial charge in [0.15, 0.2) is 0 Å². The van der Waals surface area contributed by atoms with Crippen LogP contribution in [-0.4, -0.2) is 9.97 Å². The molecule has 0 unspecified atom stereocenters. The van der Waals surface area contributed by atoms with Gasteiger partial charge in [-0.1, -0.05) is 23.7 Å². The highest BCUT2D eigenvalue weighted by atomic mass is 35.5. The molecule has 0 aliphatic heterocycles. The summed E-state index contributed by atoms with van der Waals surface area (Å²) >= 11 is 7.58. The summed E-state index contributed by atoms with van der Waals surface area (Å²) < 4.78 is 5.38. The van der Waals surface area contributed by atoms with E-state index in [4.69, 9.17) is 16.0 Å². The molecule has 22 heavy (non-hydrogen) atoms. The standard InChI is InChI=1S/C16H9ClN2O2S/c17-11-5-2-1-4-9(11)14-18-15(20)13-10(8-22-16(13)19-14)12-6-3-7-21-12/h1-8H,(H,18,19,20). The van der Waals surface area contributed by atoms with Crippen molar-refractivity contribution >= 4 is 33.2 Å². The summed E-state index contributed by atoms with van der Waals surface area (Å²) in [6.45, 7) is 0. The number of hydrogen-bond donors (Lipinski definition) is 1. The third-order valence-corrected chi connectivity index (χ3v) is 4.56. The first kappa shape index (κ1) is 13.3. The molecule has 1 N–H and O–H groups in total. The topological polar surface area (TPSA) is 58.9 Å². The lowest BCUT2D eigenvalue weighted by Crippen LogP contribution is -2.09. The fourth-order valence-corrected chi connectivity index (χ4v) is 3.50. The van der Waals surface area contributed by atoms with E-state index in [1.54, 1.807) is 18.4 Å². The molecular weight excluding hydrogens is 320 g/mol. The first-order chi connectivity index (χ1) is 10.7. The monoisotopic (exact) mass is 328 g/mol. The number of nitrogens with zero attached hydrogens (tertiary/aromatic N) is 1. The third-order valence-electron chi connectivity index (χ3n) is 3.36. The summed E-state index contributed by atoms with van der Waals surface area (Å²) in [5, 5.41) is 2.96. The van der Waals surface area contributed by atoms with Crippen molar-refractivity contribution in [2.75, 3.05) is 0 Å². The zero-order valence-corrected chi connectivity index (χ0v) is 12.7. The van der Waals surface area contributed by atoms with Crippen LogP contribution >= 0.6 is 22.9 Å². The van der Waals surface area contributed by atoms with Gasteiger partial charge in [0.25, 0.3) is 5.56 Å². The normalized spacial score (nSPS) is 11.1. The number of benzene rings is 1. The molecule has 4 aromatic rings. The molecule has 0 aliphatic rings. The van der Waals surface area contributed by atoms with E-state index in [2.05, 4.69) is 9.97 Å². The Bertz CT molecular complexity index is 1020. The number of nitrogens with one attached hydrogen (secondary N) is 1. The van der Waals surface area contributed by atoms with Gasteiger partial charge in [-0.2, -0.15) is 0 Å². The van der Waals surface area contributed by atoms with E-state index >= 15 is 0 Å². The zero-order valence-electron chi connectivity index (χ0n) is 11.2. The molecule has 0 radical (unpaired) electrons. The van der Waals surface area contributed by atoms with E-state index in [9.17, 15) is 4.79 Å². The molecule has 1 aromatic carbocycles. The predicted octanol–water partition coefficient (Wildman–Crippen LogP) is 4.57. The minimum Gasteiger partial charge on any atom is -0.464 e. The molecule has 0 saturated carbocycles. The average molecular weight is 329 g/mol. The molecule has 0 bridgehead atoms. The minimum absolute atomic E-state index is 0.201. The maximum absolute atomic E-state index is 12.5. The second kappa shape index (κ2) is 5.12. The molecule has 0 spiro atoms. The van der Waals surface area contributed by atoms with Crippen molar-refractivity contribution in [3.05, 3.63) is 63.4 Å². The Morgan fingerprint density at radius 1 is 1.14 bits per heavy atom. The number of furan rings is 1. The Labute approximate surface area is 134 Å². The fourth-order valence-electron chi connectivity index (χ4n) is 2.34. The number of fused-ring (bicyclic) bond motifs is 1. The number of thiophene rings is 1. The third kappa shape index (κ3) is 2.06. The van der Waals surface area contributed by atoms with Crippen LogP contribution in [0, 0.1) is 0 Å². The van der Waals surface area contributed by atoms with Gasteiger partial charge in [-0.15, -0.1) is 11.3 Å². The van der Waals surface area contributed by atoms with Crippen molar-refractivity contribution < 1.29 is 4.42 Å². The molecule has 108 valence electrons. The number of aromatic nitrogens is 2.